The van der Waals surface area contributed by atoms with E-state index >= 15 is 0 Å². The summed E-state index contributed by atoms with van der Waals surface area (Å²) in [7, 11) is 0. The highest BCUT2D eigenvalue weighted by atomic mass is 32.2. The van der Waals surface area contributed by atoms with E-state index in [2.05, 4.69) is 4.98 Å². The minimum atomic E-state index is -1.15. The normalized spacial score (nSPS) is 24.2. The van der Waals surface area contributed by atoms with Crippen molar-refractivity contribution in [2.45, 2.75) is 37.2 Å². The molecule has 4 rings (SSSR count). The van der Waals surface area contributed by atoms with E-state index in [-0.39, 0.29) is 11.8 Å². The van der Waals surface area contributed by atoms with Gasteiger partial charge >= 0.3 is 0 Å². The number of imidazole rings is 1. The summed E-state index contributed by atoms with van der Waals surface area (Å²) in [6.07, 6.45) is 3.13. The smallest absolute Gasteiger partial charge is 0.254 e. The maximum Gasteiger partial charge on any atom is 0.254 e. The molecule has 3 heterocycles. The Labute approximate surface area is 145 Å². The summed E-state index contributed by atoms with van der Waals surface area (Å²) in [6.45, 7) is 1.39. The van der Waals surface area contributed by atoms with Crippen molar-refractivity contribution in [3.05, 3.63) is 30.1 Å². The molecule has 5 nitrogen and oxygen atoms in total. The molecule has 128 valence electrons. The molecule has 0 radical (unpaired) electrons. The van der Waals surface area contributed by atoms with Gasteiger partial charge in [-0.15, -0.1) is 0 Å². The quantitative estimate of drug-likeness (QED) is 0.877. The minimum Gasteiger partial charge on any atom is -0.380 e. The van der Waals surface area contributed by atoms with Crippen molar-refractivity contribution in [3.8, 4) is 0 Å². The number of thioether (sulfide) groups is 1. The molecule has 1 aromatic heterocycles. The number of hydrogen-bond donors (Lipinski definition) is 2. The Morgan fingerprint density at radius 2 is 2.12 bits per heavy atom. The van der Waals surface area contributed by atoms with Crippen LogP contribution in [-0.2, 0) is 4.79 Å². The van der Waals surface area contributed by atoms with Crippen molar-refractivity contribution in [2.24, 2.45) is 0 Å². The zero-order valence-electron chi connectivity index (χ0n) is 13.7. The van der Waals surface area contributed by atoms with Crippen molar-refractivity contribution in [1.82, 2.24) is 14.9 Å². The molecule has 2 aromatic rings. The van der Waals surface area contributed by atoms with Gasteiger partial charge in [0.15, 0.2) is 0 Å². The zero-order chi connectivity index (χ0) is 16.6. The summed E-state index contributed by atoms with van der Waals surface area (Å²) in [5.41, 5.74) is 0.860. The van der Waals surface area contributed by atoms with Crippen LogP contribution >= 0.6 is 11.8 Å². The van der Waals surface area contributed by atoms with E-state index in [1.54, 1.807) is 0 Å². The Balaban J connectivity index is 1.51. The second-order valence-corrected chi connectivity index (χ2v) is 8.10. The summed E-state index contributed by atoms with van der Waals surface area (Å²) in [6, 6.07) is 8.02. The fraction of sp³-hybridized carbons (Fsp3) is 0.556. The highest BCUT2D eigenvalue weighted by Crippen LogP contribution is 2.32. The van der Waals surface area contributed by atoms with Crippen LogP contribution in [0.3, 0.4) is 0 Å². The van der Waals surface area contributed by atoms with Gasteiger partial charge in [0.05, 0.1) is 11.0 Å². The van der Waals surface area contributed by atoms with Crippen LogP contribution in [0.2, 0.25) is 0 Å². The predicted molar refractivity (Wildman–Crippen MR) is 96.2 cm³/mol. The molecule has 0 spiro atoms. The van der Waals surface area contributed by atoms with Gasteiger partial charge in [0.2, 0.25) is 0 Å². The number of carbonyl (C=O) groups excluding carboxylic acids is 1. The fourth-order valence-electron chi connectivity index (χ4n) is 3.77. The molecule has 1 unspecified atom stereocenters. The van der Waals surface area contributed by atoms with Crippen LogP contribution in [-0.4, -0.2) is 56.1 Å². The van der Waals surface area contributed by atoms with E-state index < -0.39 is 5.60 Å². The molecule has 0 bridgehead atoms. The number of H-pyrrole nitrogens is 1. The number of para-hydroxylation sites is 2. The lowest BCUT2D eigenvalue weighted by atomic mass is 9.91. The maximum atomic E-state index is 12.9. The van der Waals surface area contributed by atoms with Crippen LogP contribution in [0.1, 0.15) is 37.4 Å². The third-order valence-corrected chi connectivity index (χ3v) is 6.21. The second kappa shape index (κ2) is 6.41. The molecular formula is C18H23N3O2S. The SMILES string of the molecule is O=C(N1CCCC(c2nc3ccccc3[nH]2)C1)C1(O)CCSCC1. The van der Waals surface area contributed by atoms with Gasteiger partial charge in [0.1, 0.15) is 11.4 Å². The number of fused-ring (bicyclic) bond motifs is 1. The monoisotopic (exact) mass is 345 g/mol. The zero-order valence-corrected chi connectivity index (χ0v) is 14.5. The van der Waals surface area contributed by atoms with Crippen molar-refractivity contribution in [3.63, 3.8) is 0 Å². The number of likely N-dealkylation sites (tertiary alicyclic amines) is 1. The fourth-order valence-corrected chi connectivity index (χ4v) is 4.94. The van der Waals surface area contributed by atoms with Crippen LogP contribution in [0, 0.1) is 0 Å². The highest BCUT2D eigenvalue weighted by molar-refractivity contribution is 7.99. The molecule has 24 heavy (non-hydrogen) atoms. The first-order valence-corrected chi connectivity index (χ1v) is 9.85. The van der Waals surface area contributed by atoms with Crippen LogP contribution < -0.4 is 0 Å². The predicted octanol–water partition coefficient (Wildman–Crippen LogP) is 2.53. The molecule has 0 aliphatic carbocycles. The number of nitrogens with zero attached hydrogens (tertiary/aromatic N) is 2. The number of benzene rings is 1. The molecule has 6 heteroatoms. The molecule has 2 N–H and O–H groups in total. The number of aliphatic hydroxyl groups is 1. The number of amides is 1. The standard InChI is InChI=1S/C18H23N3O2S/c22-17(18(23)7-10-24-11-8-18)21-9-3-4-13(12-21)16-19-14-5-1-2-6-15(14)20-16/h1-2,5-6,13,23H,3-4,7-12H2,(H,19,20). The lowest BCUT2D eigenvalue weighted by Crippen LogP contribution is -2.53. The van der Waals surface area contributed by atoms with Gasteiger partial charge in [-0.1, -0.05) is 12.1 Å². The van der Waals surface area contributed by atoms with Crippen molar-refractivity contribution >= 4 is 28.7 Å². The van der Waals surface area contributed by atoms with E-state index in [1.165, 1.54) is 0 Å². The largest absolute Gasteiger partial charge is 0.380 e. The summed E-state index contributed by atoms with van der Waals surface area (Å²) in [5, 5.41) is 10.7. The van der Waals surface area contributed by atoms with Crippen LogP contribution in [0.4, 0.5) is 0 Å². The van der Waals surface area contributed by atoms with Crippen molar-refractivity contribution in [1.29, 1.82) is 0 Å². The number of hydrogen-bond acceptors (Lipinski definition) is 4. The van der Waals surface area contributed by atoms with Crippen LogP contribution in [0.15, 0.2) is 24.3 Å². The first-order chi connectivity index (χ1) is 11.7. The van der Waals surface area contributed by atoms with E-state index in [0.29, 0.717) is 19.4 Å². The van der Waals surface area contributed by atoms with E-state index in [4.69, 9.17) is 4.98 Å². The van der Waals surface area contributed by atoms with Gasteiger partial charge < -0.3 is 15.0 Å². The number of nitrogens with one attached hydrogen (secondary N) is 1. The minimum absolute atomic E-state index is 0.0800. The first-order valence-electron chi connectivity index (χ1n) is 8.70. The summed E-state index contributed by atoms with van der Waals surface area (Å²) >= 11 is 1.82. The van der Waals surface area contributed by atoms with Gasteiger partial charge in [-0.2, -0.15) is 11.8 Å². The number of aromatic nitrogens is 2. The Bertz CT molecular complexity index is 706. The van der Waals surface area contributed by atoms with Gasteiger partial charge in [-0.25, -0.2) is 4.98 Å². The third kappa shape index (κ3) is 2.93. The topological polar surface area (TPSA) is 69.2 Å². The van der Waals surface area contributed by atoms with Crippen LogP contribution in [0.25, 0.3) is 11.0 Å². The van der Waals surface area contributed by atoms with Crippen molar-refractivity contribution < 1.29 is 9.90 Å². The van der Waals surface area contributed by atoms with Gasteiger partial charge in [0.25, 0.3) is 5.91 Å². The van der Waals surface area contributed by atoms with E-state index in [0.717, 1.165) is 47.7 Å². The van der Waals surface area contributed by atoms with Gasteiger partial charge in [-0.3, -0.25) is 4.79 Å². The highest BCUT2D eigenvalue weighted by Gasteiger charge is 2.41. The molecular weight excluding hydrogens is 322 g/mol. The van der Waals surface area contributed by atoms with Crippen molar-refractivity contribution in [2.75, 3.05) is 24.6 Å². The first kappa shape index (κ1) is 16.0. The molecule has 0 saturated carbocycles. The molecule has 2 aliphatic heterocycles. The molecule has 2 fully saturated rings. The number of carbonyl (C=O) groups is 1. The second-order valence-electron chi connectivity index (χ2n) is 6.87. The molecule has 2 saturated heterocycles. The van der Waals surface area contributed by atoms with E-state index in [1.807, 2.05) is 40.9 Å². The van der Waals surface area contributed by atoms with E-state index in [9.17, 15) is 9.90 Å². The summed E-state index contributed by atoms with van der Waals surface area (Å²) in [4.78, 5) is 22.8. The summed E-state index contributed by atoms with van der Waals surface area (Å²) < 4.78 is 0. The summed E-state index contributed by atoms with van der Waals surface area (Å²) in [5.74, 6) is 2.83. The average Bonchev–Trinajstić information content (AvgIpc) is 3.06. The lowest BCUT2D eigenvalue weighted by molar-refractivity contribution is -0.153. The number of piperidine rings is 1. The maximum absolute atomic E-state index is 12.9. The van der Waals surface area contributed by atoms with Gasteiger partial charge in [0, 0.05) is 19.0 Å². The lowest BCUT2D eigenvalue weighted by Gasteiger charge is -2.39. The molecule has 2 aliphatic rings. The Morgan fingerprint density at radius 1 is 1.33 bits per heavy atom. The number of aromatic amines is 1. The molecule has 1 atom stereocenters. The number of rotatable bonds is 2. The third-order valence-electron chi connectivity index (χ3n) is 5.22. The van der Waals surface area contributed by atoms with Crippen LogP contribution in [0.5, 0.6) is 0 Å². The Kier molecular flexibility index (Phi) is 4.26. The molecule has 1 aromatic carbocycles. The van der Waals surface area contributed by atoms with Gasteiger partial charge in [-0.05, 0) is 49.3 Å². The Hall–Kier alpha value is -1.53. The Morgan fingerprint density at radius 3 is 2.92 bits per heavy atom. The average molecular weight is 345 g/mol. The molecule has 1 amide bonds.